The summed E-state index contributed by atoms with van der Waals surface area (Å²) in [6.45, 7) is 2.88. The number of aromatic nitrogens is 1. The van der Waals surface area contributed by atoms with Gasteiger partial charge in [0.25, 0.3) is 5.91 Å². The Morgan fingerprint density at radius 1 is 1.24 bits per heavy atom. The van der Waals surface area contributed by atoms with Crippen LogP contribution >= 0.6 is 11.3 Å². The maximum Gasteiger partial charge on any atom is 0.255 e. The molecule has 5 rings (SSSR count). The molecule has 0 aliphatic carbocycles. The molecular formula is C20H21N5O3S. The van der Waals surface area contributed by atoms with Crippen LogP contribution in [0.25, 0.3) is 0 Å². The fourth-order valence-corrected chi connectivity index (χ4v) is 4.97. The molecule has 0 saturated carbocycles. The highest BCUT2D eigenvalue weighted by atomic mass is 32.1. The van der Waals surface area contributed by atoms with Crippen LogP contribution in [0, 0.1) is 0 Å². The van der Waals surface area contributed by atoms with Crippen LogP contribution in [0.4, 0.5) is 5.13 Å². The number of fused-ring (bicyclic) bond motifs is 1. The van der Waals surface area contributed by atoms with Crippen LogP contribution < -0.4 is 16.0 Å². The molecular weight excluding hydrogens is 390 g/mol. The molecule has 1 unspecified atom stereocenters. The molecule has 3 aliphatic heterocycles. The van der Waals surface area contributed by atoms with Crippen molar-refractivity contribution in [3.63, 3.8) is 0 Å². The van der Waals surface area contributed by atoms with Crippen molar-refractivity contribution in [1.29, 1.82) is 0 Å². The van der Waals surface area contributed by atoms with Gasteiger partial charge in [0.05, 0.1) is 0 Å². The lowest BCUT2D eigenvalue weighted by atomic mass is 10.0. The van der Waals surface area contributed by atoms with E-state index in [-0.39, 0.29) is 24.1 Å². The van der Waals surface area contributed by atoms with Crippen molar-refractivity contribution < 1.29 is 14.4 Å². The average molecular weight is 411 g/mol. The van der Waals surface area contributed by atoms with Crippen molar-refractivity contribution in [2.45, 2.75) is 37.9 Å². The molecule has 2 aromatic rings. The van der Waals surface area contributed by atoms with Crippen LogP contribution in [0.5, 0.6) is 0 Å². The van der Waals surface area contributed by atoms with Gasteiger partial charge in [-0.25, -0.2) is 4.98 Å². The van der Waals surface area contributed by atoms with Crippen LogP contribution in [0.1, 0.15) is 45.1 Å². The molecule has 0 radical (unpaired) electrons. The van der Waals surface area contributed by atoms with E-state index in [0.717, 1.165) is 29.3 Å². The highest BCUT2D eigenvalue weighted by Gasteiger charge is 2.39. The summed E-state index contributed by atoms with van der Waals surface area (Å²) in [6.07, 6.45) is 2.55. The third kappa shape index (κ3) is 3.30. The molecule has 150 valence electrons. The van der Waals surface area contributed by atoms with Crippen LogP contribution in [-0.2, 0) is 22.7 Å². The quantitative estimate of drug-likeness (QED) is 0.639. The van der Waals surface area contributed by atoms with Crippen LogP contribution in [0.2, 0.25) is 0 Å². The highest BCUT2D eigenvalue weighted by molar-refractivity contribution is 7.15. The Kier molecular flexibility index (Phi) is 4.56. The summed E-state index contributed by atoms with van der Waals surface area (Å²) in [5.74, 6) is -0.261. The molecule has 1 aromatic carbocycles. The van der Waals surface area contributed by atoms with Crippen molar-refractivity contribution >= 4 is 34.2 Å². The number of nitrogens with one attached hydrogen (secondary N) is 3. The molecule has 3 N–H and O–H groups in total. The molecule has 0 bridgehead atoms. The molecule has 2 saturated heterocycles. The van der Waals surface area contributed by atoms with Gasteiger partial charge in [0.1, 0.15) is 6.04 Å². The lowest BCUT2D eigenvalue weighted by Gasteiger charge is -2.29. The number of piperidine rings is 1. The number of rotatable bonds is 5. The summed E-state index contributed by atoms with van der Waals surface area (Å²) in [7, 11) is 0. The third-order valence-electron chi connectivity index (χ3n) is 5.78. The Labute approximate surface area is 171 Å². The normalized spacial score (nSPS) is 21.7. The largest absolute Gasteiger partial charge is 0.357 e. The smallest absolute Gasteiger partial charge is 0.255 e. The van der Waals surface area contributed by atoms with E-state index >= 15 is 0 Å². The predicted molar refractivity (Wildman–Crippen MR) is 108 cm³/mol. The maximum absolute atomic E-state index is 13.1. The van der Waals surface area contributed by atoms with E-state index in [1.165, 1.54) is 4.88 Å². The number of anilines is 1. The SMILES string of the molecule is O=C1CCC(N2Cc3cccc(CNc4ncc(C5CNC5)s4)c3C2=O)C(=O)N1. The summed E-state index contributed by atoms with van der Waals surface area (Å²) < 4.78 is 0. The van der Waals surface area contributed by atoms with Crippen LogP contribution in [-0.4, -0.2) is 46.7 Å². The molecule has 0 spiro atoms. The summed E-state index contributed by atoms with van der Waals surface area (Å²) in [5, 5.41) is 9.79. The number of nitrogens with zero attached hydrogens (tertiary/aromatic N) is 2. The average Bonchev–Trinajstić information content (AvgIpc) is 3.24. The second-order valence-electron chi connectivity index (χ2n) is 7.63. The standard InChI is InChI=1S/C20H21N5O3S/c26-16-5-4-14(18(27)24-16)25-10-12-3-1-2-11(17(12)19(25)28)8-22-20-23-9-15(29-20)13-6-21-7-13/h1-3,9,13-14,21H,4-8,10H2,(H,22,23)(H,24,26,27). The first kappa shape index (κ1) is 18.3. The Morgan fingerprint density at radius 2 is 2.10 bits per heavy atom. The van der Waals surface area contributed by atoms with Crippen LogP contribution in [0.3, 0.4) is 0 Å². The monoisotopic (exact) mass is 411 g/mol. The number of hydrogen-bond acceptors (Lipinski definition) is 7. The van der Waals surface area contributed by atoms with Crippen LogP contribution in [0.15, 0.2) is 24.4 Å². The van der Waals surface area contributed by atoms with Crippen molar-refractivity contribution in [3.05, 3.63) is 46.0 Å². The molecule has 29 heavy (non-hydrogen) atoms. The van der Waals surface area contributed by atoms with Gasteiger partial charge in [-0.1, -0.05) is 18.2 Å². The number of hydrogen-bond donors (Lipinski definition) is 3. The Morgan fingerprint density at radius 3 is 2.86 bits per heavy atom. The van der Waals surface area contributed by atoms with Gasteiger partial charge in [-0.05, 0) is 17.5 Å². The number of benzene rings is 1. The highest BCUT2D eigenvalue weighted by Crippen LogP contribution is 2.31. The molecule has 4 heterocycles. The second-order valence-corrected chi connectivity index (χ2v) is 8.69. The fraction of sp³-hybridized carbons (Fsp3) is 0.400. The zero-order valence-corrected chi connectivity index (χ0v) is 16.6. The maximum atomic E-state index is 13.1. The first-order chi connectivity index (χ1) is 14.1. The number of carbonyl (C=O) groups excluding carboxylic acids is 3. The topological polar surface area (TPSA) is 103 Å². The first-order valence-electron chi connectivity index (χ1n) is 9.76. The van der Waals surface area contributed by atoms with Crippen molar-refractivity contribution in [2.75, 3.05) is 18.4 Å². The number of amides is 3. The predicted octanol–water partition coefficient (Wildman–Crippen LogP) is 1.20. The van der Waals surface area contributed by atoms with E-state index in [1.807, 2.05) is 24.4 Å². The van der Waals surface area contributed by atoms with Gasteiger partial charge < -0.3 is 15.5 Å². The van der Waals surface area contributed by atoms with E-state index in [4.69, 9.17) is 0 Å². The molecule has 9 heteroatoms. The summed E-state index contributed by atoms with van der Waals surface area (Å²) in [5.41, 5.74) is 2.47. The Bertz CT molecular complexity index is 1000. The number of imide groups is 1. The zero-order chi connectivity index (χ0) is 20.0. The van der Waals surface area contributed by atoms with Gasteiger partial charge in [0, 0.05) is 55.2 Å². The Hall–Kier alpha value is -2.78. The minimum atomic E-state index is -0.592. The minimum Gasteiger partial charge on any atom is -0.357 e. The molecule has 3 aliphatic rings. The molecule has 1 aromatic heterocycles. The van der Waals surface area contributed by atoms with E-state index in [1.54, 1.807) is 16.2 Å². The van der Waals surface area contributed by atoms with Crippen molar-refractivity contribution in [1.82, 2.24) is 20.5 Å². The van der Waals surface area contributed by atoms with Gasteiger partial charge in [-0.15, -0.1) is 11.3 Å². The van der Waals surface area contributed by atoms with Gasteiger partial charge in [0.15, 0.2) is 5.13 Å². The third-order valence-corrected chi connectivity index (χ3v) is 6.89. The summed E-state index contributed by atoms with van der Waals surface area (Å²) in [6, 6.07) is 5.20. The van der Waals surface area contributed by atoms with E-state index in [2.05, 4.69) is 20.9 Å². The first-order valence-corrected chi connectivity index (χ1v) is 10.6. The fourth-order valence-electron chi connectivity index (χ4n) is 4.06. The summed E-state index contributed by atoms with van der Waals surface area (Å²) in [4.78, 5) is 44.1. The van der Waals surface area contributed by atoms with E-state index in [0.29, 0.717) is 31.0 Å². The molecule has 3 amide bonds. The second kappa shape index (κ2) is 7.23. The summed E-state index contributed by atoms with van der Waals surface area (Å²) >= 11 is 1.65. The van der Waals surface area contributed by atoms with Gasteiger partial charge in [0.2, 0.25) is 11.8 Å². The Balaban J connectivity index is 1.31. The lowest BCUT2D eigenvalue weighted by Crippen LogP contribution is -2.52. The lowest BCUT2D eigenvalue weighted by molar-refractivity contribution is -0.136. The number of thiazole rings is 1. The van der Waals surface area contributed by atoms with Gasteiger partial charge >= 0.3 is 0 Å². The molecule has 8 nitrogen and oxygen atoms in total. The van der Waals surface area contributed by atoms with E-state index < -0.39 is 6.04 Å². The minimum absolute atomic E-state index is 0.146. The zero-order valence-electron chi connectivity index (χ0n) is 15.7. The molecule has 1 atom stereocenters. The van der Waals surface area contributed by atoms with Gasteiger partial charge in [-0.2, -0.15) is 0 Å². The van der Waals surface area contributed by atoms with Crippen molar-refractivity contribution in [3.8, 4) is 0 Å². The molecule has 2 fully saturated rings. The number of carbonyl (C=O) groups is 3. The van der Waals surface area contributed by atoms with E-state index in [9.17, 15) is 14.4 Å². The van der Waals surface area contributed by atoms with Gasteiger partial charge in [-0.3, -0.25) is 19.7 Å². The van der Waals surface area contributed by atoms with Crippen molar-refractivity contribution in [2.24, 2.45) is 0 Å².